The molecule has 2 rings (SSSR count). The maximum Gasteiger partial charge on any atom is 0.242 e. The second-order valence-corrected chi connectivity index (χ2v) is 8.77. The lowest BCUT2D eigenvalue weighted by molar-refractivity contribution is -0.141. The summed E-state index contributed by atoms with van der Waals surface area (Å²) in [4.78, 5) is 27.3. The number of ether oxygens (including phenoxy) is 1. The summed E-state index contributed by atoms with van der Waals surface area (Å²) in [5, 5.41) is 3.56. The van der Waals surface area contributed by atoms with Gasteiger partial charge in [0.2, 0.25) is 11.8 Å². The number of nitrogens with one attached hydrogen (secondary N) is 1. The third-order valence-corrected chi connectivity index (χ3v) is 4.69. The number of para-hydroxylation sites is 1. The zero-order chi connectivity index (χ0) is 22.1. The molecule has 1 atom stereocenters. The van der Waals surface area contributed by atoms with Gasteiger partial charge in [-0.2, -0.15) is 0 Å². The van der Waals surface area contributed by atoms with Crippen molar-refractivity contribution in [1.29, 1.82) is 0 Å². The van der Waals surface area contributed by atoms with Crippen LogP contribution in [0.5, 0.6) is 5.75 Å². The molecule has 5 nitrogen and oxygen atoms in total. The highest BCUT2D eigenvalue weighted by atomic mass is 35.5. The minimum atomic E-state index is -0.606. The molecule has 0 saturated heterocycles. The smallest absolute Gasteiger partial charge is 0.242 e. The average Bonchev–Trinajstić information content (AvgIpc) is 2.68. The van der Waals surface area contributed by atoms with Crippen LogP contribution in [0.25, 0.3) is 0 Å². The van der Waals surface area contributed by atoms with Crippen molar-refractivity contribution < 1.29 is 14.3 Å². The molecule has 2 aromatic carbocycles. The molecule has 1 N–H and O–H groups in total. The topological polar surface area (TPSA) is 58.6 Å². The van der Waals surface area contributed by atoms with Crippen LogP contribution in [0, 0.1) is 0 Å². The predicted molar refractivity (Wildman–Crippen MR) is 121 cm³/mol. The standard InChI is InChI=1S/C24H31ClN2O3/c1-18(23(29)26-24(2,3)4)27(17-19-10-8-11-20(25)16-19)22(28)14-9-15-30-21-12-6-5-7-13-21/h5-8,10-13,16,18H,9,14-15,17H2,1-4H3,(H,26,29). The number of benzene rings is 2. The number of carbonyl (C=O) groups is 2. The highest BCUT2D eigenvalue weighted by molar-refractivity contribution is 6.30. The summed E-state index contributed by atoms with van der Waals surface area (Å²) < 4.78 is 5.68. The molecule has 2 aromatic rings. The Balaban J connectivity index is 2.03. The molecule has 0 saturated carbocycles. The molecule has 0 bridgehead atoms. The Morgan fingerprint density at radius 3 is 2.43 bits per heavy atom. The van der Waals surface area contributed by atoms with E-state index in [1.54, 1.807) is 17.9 Å². The summed E-state index contributed by atoms with van der Waals surface area (Å²) in [5.41, 5.74) is 0.506. The van der Waals surface area contributed by atoms with E-state index in [0.29, 0.717) is 31.0 Å². The molecule has 0 spiro atoms. The number of hydrogen-bond acceptors (Lipinski definition) is 3. The van der Waals surface area contributed by atoms with E-state index in [1.165, 1.54) is 0 Å². The number of rotatable bonds is 9. The van der Waals surface area contributed by atoms with Gasteiger partial charge in [-0.25, -0.2) is 0 Å². The van der Waals surface area contributed by atoms with E-state index in [4.69, 9.17) is 16.3 Å². The van der Waals surface area contributed by atoms with Crippen molar-refractivity contribution in [2.75, 3.05) is 6.61 Å². The number of hydrogen-bond donors (Lipinski definition) is 1. The summed E-state index contributed by atoms with van der Waals surface area (Å²) in [6.45, 7) is 8.26. The third-order valence-electron chi connectivity index (χ3n) is 4.45. The normalized spacial score (nSPS) is 12.2. The van der Waals surface area contributed by atoms with Gasteiger partial charge in [0.1, 0.15) is 11.8 Å². The predicted octanol–water partition coefficient (Wildman–Crippen LogP) is 4.83. The van der Waals surface area contributed by atoms with Gasteiger partial charge in [0.15, 0.2) is 0 Å². The Morgan fingerprint density at radius 1 is 1.10 bits per heavy atom. The van der Waals surface area contributed by atoms with Gasteiger partial charge < -0.3 is 15.0 Å². The molecule has 1 unspecified atom stereocenters. The van der Waals surface area contributed by atoms with E-state index < -0.39 is 6.04 Å². The molecule has 162 valence electrons. The van der Waals surface area contributed by atoms with Gasteiger partial charge in [0.25, 0.3) is 0 Å². The molecule has 0 radical (unpaired) electrons. The zero-order valence-corrected chi connectivity index (χ0v) is 18.9. The fourth-order valence-corrected chi connectivity index (χ4v) is 3.18. The van der Waals surface area contributed by atoms with Gasteiger partial charge >= 0.3 is 0 Å². The lowest BCUT2D eigenvalue weighted by atomic mass is 10.1. The van der Waals surface area contributed by atoms with Crippen LogP contribution < -0.4 is 10.1 Å². The Kier molecular flexibility index (Phi) is 8.72. The summed E-state index contributed by atoms with van der Waals surface area (Å²) >= 11 is 6.10. The molecule has 2 amide bonds. The summed E-state index contributed by atoms with van der Waals surface area (Å²) in [7, 11) is 0. The van der Waals surface area contributed by atoms with E-state index in [0.717, 1.165) is 11.3 Å². The lowest BCUT2D eigenvalue weighted by Crippen LogP contribution is -2.52. The Morgan fingerprint density at radius 2 is 1.80 bits per heavy atom. The summed E-state index contributed by atoms with van der Waals surface area (Å²) in [6, 6.07) is 16.2. The average molecular weight is 431 g/mol. The fraction of sp³-hybridized carbons (Fsp3) is 0.417. The van der Waals surface area contributed by atoms with Crippen molar-refractivity contribution in [3.8, 4) is 5.75 Å². The van der Waals surface area contributed by atoms with Crippen LogP contribution in [0.3, 0.4) is 0 Å². The largest absolute Gasteiger partial charge is 0.494 e. The fourth-order valence-electron chi connectivity index (χ4n) is 2.96. The first-order chi connectivity index (χ1) is 14.2. The first-order valence-corrected chi connectivity index (χ1v) is 10.6. The SMILES string of the molecule is CC(C(=O)NC(C)(C)C)N(Cc1cccc(Cl)c1)C(=O)CCCOc1ccccc1. The van der Waals surface area contributed by atoms with Crippen LogP contribution in [0.4, 0.5) is 0 Å². The number of carbonyl (C=O) groups excluding carboxylic acids is 2. The molecule has 6 heteroatoms. The quantitative estimate of drug-likeness (QED) is 0.579. The van der Waals surface area contributed by atoms with Crippen molar-refractivity contribution in [2.45, 2.75) is 58.7 Å². The van der Waals surface area contributed by atoms with Crippen molar-refractivity contribution in [2.24, 2.45) is 0 Å². The highest BCUT2D eigenvalue weighted by Gasteiger charge is 2.28. The molecule has 0 aliphatic rings. The van der Waals surface area contributed by atoms with Crippen molar-refractivity contribution in [3.63, 3.8) is 0 Å². The van der Waals surface area contributed by atoms with E-state index in [2.05, 4.69) is 5.32 Å². The van der Waals surface area contributed by atoms with E-state index in [-0.39, 0.29) is 17.4 Å². The van der Waals surface area contributed by atoms with Crippen molar-refractivity contribution >= 4 is 23.4 Å². The lowest BCUT2D eigenvalue weighted by Gasteiger charge is -2.31. The van der Waals surface area contributed by atoms with Gasteiger partial charge in [-0.3, -0.25) is 9.59 Å². The Bertz CT molecular complexity index is 834. The number of nitrogens with zero attached hydrogens (tertiary/aromatic N) is 1. The van der Waals surface area contributed by atoms with Gasteiger partial charge in [0, 0.05) is 23.5 Å². The van der Waals surface area contributed by atoms with Gasteiger partial charge in [-0.1, -0.05) is 41.9 Å². The molecular formula is C24H31ClN2O3. The van der Waals surface area contributed by atoms with Crippen LogP contribution in [-0.4, -0.2) is 34.9 Å². The second-order valence-electron chi connectivity index (χ2n) is 8.33. The maximum absolute atomic E-state index is 13.0. The molecule has 0 heterocycles. The molecule has 0 aliphatic heterocycles. The van der Waals surface area contributed by atoms with Gasteiger partial charge in [-0.15, -0.1) is 0 Å². The third kappa shape index (κ3) is 8.07. The van der Waals surface area contributed by atoms with Gasteiger partial charge in [0.05, 0.1) is 6.61 Å². The molecule has 30 heavy (non-hydrogen) atoms. The summed E-state index contributed by atoms with van der Waals surface area (Å²) in [6.07, 6.45) is 0.855. The Labute approximate surface area is 184 Å². The van der Waals surface area contributed by atoms with Crippen LogP contribution >= 0.6 is 11.6 Å². The molecular weight excluding hydrogens is 400 g/mol. The van der Waals surface area contributed by atoms with Crippen LogP contribution in [0.2, 0.25) is 5.02 Å². The minimum absolute atomic E-state index is 0.0943. The number of amides is 2. The molecule has 0 aromatic heterocycles. The van der Waals surface area contributed by atoms with Crippen LogP contribution in [-0.2, 0) is 16.1 Å². The first kappa shape index (κ1) is 23.7. The van der Waals surface area contributed by atoms with E-state index >= 15 is 0 Å². The van der Waals surface area contributed by atoms with Crippen molar-refractivity contribution in [1.82, 2.24) is 10.2 Å². The highest BCUT2D eigenvalue weighted by Crippen LogP contribution is 2.17. The van der Waals surface area contributed by atoms with Crippen LogP contribution in [0.15, 0.2) is 54.6 Å². The second kappa shape index (κ2) is 11.0. The number of halogens is 1. The van der Waals surface area contributed by atoms with E-state index in [9.17, 15) is 9.59 Å². The van der Waals surface area contributed by atoms with Gasteiger partial charge in [-0.05, 0) is 63.9 Å². The Hall–Kier alpha value is -2.53. The zero-order valence-electron chi connectivity index (χ0n) is 18.2. The first-order valence-electron chi connectivity index (χ1n) is 10.2. The summed E-state index contributed by atoms with van der Waals surface area (Å²) in [5.74, 6) is 0.500. The van der Waals surface area contributed by atoms with Crippen molar-refractivity contribution in [3.05, 3.63) is 65.2 Å². The van der Waals surface area contributed by atoms with E-state index in [1.807, 2.05) is 69.3 Å². The maximum atomic E-state index is 13.0. The molecule has 0 aliphatic carbocycles. The molecule has 0 fully saturated rings. The minimum Gasteiger partial charge on any atom is -0.494 e. The van der Waals surface area contributed by atoms with Crippen LogP contribution in [0.1, 0.15) is 46.1 Å². The monoisotopic (exact) mass is 430 g/mol.